The van der Waals surface area contributed by atoms with Gasteiger partial charge in [-0.1, -0.05) is 27.7 Å². The molecule has 0 aliphatic rings. The van der Waals surface area contributed by atoms with Crippen LogP contribution in [0.25, 0.3) is 0 Å². The van der Waals surface area contributed by atoms with Crippen LogP contribution in [-0.2, 0) is 6.42 Å². The first kappa shape index (κ1) is 16.2. The second-order valence-corrected chi connectivity index (χ2v) is 5.95. The average molecular weight is 265 g/mol. The number of hydrogen-bond acceptors (Lipinski definition) is 2. The Bertz CT molecular complexity index is 353. The van der Waals surface area contributed by atoms with Crippen LogP contribution in [0.15, 0.2) is 12.3 Å². The summed E-state index contributed by atoms with van der Waals surface area (Å²) in [7, 11) is 2.04. The van der Waals surface area contributed by atoms with Crippen LogP contribution in [0.3, 0.4) is 0 Å². The summed E-state index contributed by atoms with van der Waals surface area (Å²) in [6, 6.07) is 3.27. The molecular formula is C16H31N3. The second kappa shape index (κ2) is 7.68. The van der Waals surface area contributed by atoms with Crippen molar-refractivity contribution >= 4 is 0 Å². The maximum Gasteiger partial charge on any atom is 0.0628 e. The smallest absolute Gasteiger partial charge is 0.0628 e. The first-order chi connectivity index (χ1) is 9.03. The van der Waals surface area contributed by atoms with Gasteiger partial charge in [0.2, 0.25) is 0 Å². The van der Waals surface area contributed by atoms with Gasteiger partial charge in [0.15, 0.2) is 0 Å². The van der Waals surface area contributed by atoms with Gasteiger partial charge in [-0.05, 0) is 51.1 Å². The Morgan fingerprint density at radius 1 is 1.21 bits per heavy atom. The lowest BCUT2D eigenvalue weighted by molar-refractivity contribution is 0.296. The molecule has 1 N–H and O–H groups in total. The minimum atomic E-state index is 0.526. The lowest BCUT2D eigenvalue weighted by Crippen LogP contribution is -2.35. The van der Waals surface area contributed by atoms with Crippen molar-refractivity contribution in [3.63, 3.8) is 0 Å². The van der Waals surface area contributed by atoms with Crippen molar-refractivity contribution in [2.45, 2.75) is 66.0 Å². The van der Waals surface area contributed by atoms with Crippen molar-refractivity contribution in [3.8, 4) is 0 Å². The van der Waals surface area contributed by atoms with E-state index < -0.39 is 0 Å². The van der Waals surface area contributed by atoms with Crippen molar-refractivity contribution < 1.29 is 0 Å². The van der Waals surface area contributed by atoms with Crippen molar-refractivity contribution in [2.75, 3.05) is 7.05 Å². The molecule has 0 saturated heterocycles. The summed E-state index contributed by atoms with van der Waals surface area (Å²) in [5.74, 6) is 1.30. The Labute approximate surface area is 118 Å². The van der Waals surface area contributed by atoms with Gasteiger partial charge in [-0.15, -0.1) is 0 Å². The molecule has 1 aromatic heterocycles. The van der Waals surface area contributed by atoms with E-state index in [1.165, 1.54) is 5.69 Å². The van der Waals surface area contributed by atoms with E-state index in [2.05, 4.69) is 56.9 Å². The molecule has 3 heteroatoms. The quantitative estimate of drug-likeness (QED) is 0.777. The van der Waals surface area contributed by atoms with Crippen molar-refractivity contribution in [1.29, 1.82) is 0 Å². The molecule has 0 bridgehead atoms. The number of nitrogens with zero attached hydrogens (tertiary/aromatic N) is 2. The fraction of sp³-hybridized carbons (Fsp3) is 0.812. The molecule has 1 rings (SSSR count). The van der Waals surface area contributed by atoms with Gasteiger partial charge < -0.3 is 5.32 Å². The van der Waals surface area contributed by atoms with Crippen LogP contribution in [0.2, 0.25) is 0 Å². The molecule has 2 unspecified atom stereocenters. The summed E-state index contributed by atoms with van der Waals surface area (Å²) in [5, 5.41) is 8.16. The van der Waals surface area contributed by atoms with Gasteiger partial charge in [-0.25, -0.2) is 0 Å². The highest BCUT2D eigenvalue weighted by Gasteiger charge is 2.21. The predicted octanol–water partition coefficient (Wildman–Crippen LogP) is 3.67. The van der Waals surface area contributed by atoms with E-state index in [1.54, 1.807) is 0 Å². The first-order valence-electron chi connectivity index (χ1n) is 7.74. The zero-order chi connectivity index (χ0) is 14.4. The van der Waals surface area contributed by atoms with Gasteiger partial charge in [0, 0.05) is 12.2 Å². The molecule has 0 radical (unpaired) electrons. The number of hydrogen-bond donors (Lipinski definition) is 1. The van der Waals surface area contributed by atoms with E-state index in [1.807, 2.05) is 7.05 Å². The van der Waals surface area contributed by atoms with Crippen molar-refractivity contribution in [3.05, 3.63) is 18.0 Å². The molecule has 0 spiro atoms. The fourth-order valence-corrected chi connectivity index (χ4v) is 2.80. The molecule has 0 aliphatic carbocycles. The minimum Gasteiger partial charge on any atom is -0.317 e. The molecule has 0 fully saturated rings. The Hall–Kier alpha value is -0.830. The molecule has 0 saturated carbocycles. The summed E-state index contributed by atoms with van der Waals surface area (Å²) in [5.41, 5.74) is 1.23. The van der Waals surface area contributed by atoms with Crippen molar-refractivity contribution in [2.24, 2.45) is 11.8 Å². The maximum atomic E-state index is 4.78. The highest BCUT2D eigenvalue weighted by Crippen LogP contribution is 2.21. The summed E-state index contributed by atoms with van der Waals surface area (Å²) in [6.07, 6.45) is 5.51. The Morgan fingerprint density at radius 2 is 1.84 bits per heavy atom. The van der Waals surface area contributed by atoms with E-state index >= 15 is 0 Å². The Balaban J connectivity index is 2.75. The minimum absolute atomic E-state index is 0.526. The average Bonchev–Trinajstić information content (AvgIpc) is 2.85. The normalized spacial score (nSPS) is 15.2. The van der Waals surface area contributed by atoms with Crippen LogP contribution in [0, 0.1) is 11.8 Å². The summed E-state index contributed by atoms with van der Waals surface area (Å²) < 4.78 is 2.15. The van der Waals surface area contributed by atoms with Gasteiger partial charge in [-0.3, -0.25) is 4.68 Å². The van der Waals surface area contributed by atoms with Gasteiger partial charge >= 0.3 is 0 Å². The molecule has 110 valence electrons. The molecule has 0 amide bonds. The van der Waals surface area contributed by atoms with Gasteiger partial charge in [-0.2, -0.15) is 5.10 Å². The third-order valence-electron chi connectivity index (χ3n) is 4.38. The lowest BCUT2D eigenvalue weighted by atomic mass is 9.85. The fourth-order valence-electron chi connectivity index (χ4n) is 2.80. The highest BCUT2D eigenvalue weighted by atomic mass is 15.3. The summed E-state index contributed by atoms with van der Waals surface area (Å²) in [4.78, 5) is 0. The zero-order valence-electron chi connectivity index (χ0n) is 13.5. The molecule has 1 heterocycles. The van der Waals surface area contributed by atoms with Crippen LogP contribution in [0.1, 0.15) is 59.2 Å². The maximum absolute atomic E-state index is 4.78. The molecular weight excluding hydrogens is 234 g/mol. The molecule has 0 aliphatic heterocycles. The van der Waals surface area contributed by atoms with Gasteiger partial charge in [0.1, 0.15) is 0 Å². The highest BCUT2D eigenvalue weighted by molar-refractivity contribution is 5.02. The number of rotatable bonds is 8. The van der Waals surface area contributed by atoms with Crippen molar-refractivity contribution in [1.82, 2.24) is 15.1 Å². The monoisotopic (exact) mass is 265 g/mol. The SMILES string of the molecule is CCC(CC)n1ccc(CC(C(C)C)C(C)NC)n1. The van der Waals surface area contributed by atoms with Crippen LogP contribution in [0.4, 0.5) is 0 Å². The zero-order valence-corrected chi connectivity index (χ0v) is 13.5. The second-order valence-electron chi connectivity index (χ2n) is 5.95. The van der Waals surface area contributed by atoms with Gasteiger partial charge in [0.25, 0.3) is 0 Å². The molecule has 2 atom stereocenters. The van der Waals surface area contributed by atoms with Crippen LogP contribution >= 0.6 is 0 Å². The van der Waals surface area contributed by atoms with E-state index in [0.29, 0.717) is 23.9 Å². The van der Waals surface area contributed by atoms with E-state index in [9.17, 15) is 0 Å². The topological polar surface area (TPSA) is 29.9 Å². The first-order valence-corrected chi connectivity index (χ1v) is 7.74. The van der Waals surface area contributed by atoms with Crippen LogP contribution in [0.5, 0.6) is 0 Å². The van der Waals surface area contributed by atoms with E-state index in [0.717, 1.165) is 19.3 Å². The molecule has 19 heavy (non-hydrogen) atoms. The molecule has 3 nitrogen and oxygen atoms in total. The van der Waals surface area contributed by atoms with E-state index in [4.69, 9.17) is 5.10 Å². The third-order valence-corrected chi connectivity index (χ3v) is 4.38. The summed E-state index contributed by atoms with van der Waals surface area (Å²) in [6.45, 7) is 11.3. The van der Waals surface area contributed by atoms with E-state index in [-0.39, 0.29) is 0 Å². The third kappa shape index (κ3) is 4.34. The largest absolute Gasteiger partial charge is 0.317 e. The lowest BCUT2D eigenvalue weighted by Gasteiger charge is -2.26. The Morgan fingerprint density at radius 3 is 2.32 bits per heavy atom. The van der Waals surface area contributed by atoms with Crippen LogP contribution < -0.4 is 5.32 Å². The van der Waals surface area contributed by atoms with Gasteiger partial charge in [0.05, 0.1) is 11.7 Å². The number of aromatic nitrogens is 2. The predicted molar refractivity (Wildman–Crippen MR) is 82.4 cm³/mol. The summed E-state index contributed by atoms with van der Waals surface area (Å²) >= 11 is 0. The number of nitrogens with one attached hydrogen (secondary N) is 1. The Kier molecular flexibility index (Phi) is 6.56. The molecule has 0 aromatic carbocycles. The van der Waals surface area contributed by atoms with Crippen LogP contribution in [-0.4, -0.2) is 22.9 Å². The standard InChI is InChI=1S/C16H31N3/c1-7-15(8-2)19-10-9-14(18-19)11-16(12(3)4)13(5)17-6/h9-10,12-13,15-17H,7-8,11H2,1-6H3. The molecule has 1 aromatic rings.